The second-order valence-electron chi connectivity index (χ2n) is 4.13. The van der Waals surface area contributed by atoms with Crippen molar-refractivity contribution in [2.75, 3.05) is 0 Å². The minimum Gasteiger partial charge on any atom is -0.324 e. The first-order valence-corrected chi connectivity index (χ1v) is 3.64. The average molecular weight is 107 g/mol. The molecule has 8 heavy (non-hydrogen) atoms. The van der Waals surface area contributed by atoms with E-state index in [1.807, 2.05) is 0 Å². The highest BCUT2D eigenvalue weighted by molar-refractivity contribution is 5.47. The molecule has 0 aromatic rings. The van der Waals surface area contributed by atoms with Crippen molar-refractivity contribution >= 4 is 0 Å². The zero-order valence-corrected chi connectivity index (χ0v) is 4.67. The molecule has 0 spiro atoms. The predicted octanol–water partition coefficient (Wildman–Crippen LogP) is 0.209. The van der Waals surface area contributed by atoms with Crippen molar-refractivity contribution in [2.45, 2.75) is 12.0 Å². The van der Waals surface area contributed by atoms with E-state index < -0.39 is 0 Å². The van der Waals surface area contributed by atoms with Gasteiger partial charge < -0.3 is 5.73 Å². The van der Waals surface area contributed by atoms with Crippen LogP contribution in [0.4, 0.5) is 0 Å². The molecule has 0 heterocycles. The smallest absolute Gasteiger partial charge is 0.0255 e. The summed E-state index contributed by atoms with van der Waals surface area (Å²) in [5.74, 6) is 5.39. The van der Waals surface area contributed by atoms with Crippen LogP contribution in [-0.4, -0.2) is 5.54 Å². The van der Waals surface area contributed by atoms with Crippen molar-refractivity contribution in [1.29, 1.82) is 0 Å². The SMILES string of the molecule is NC12C3CC4C(C41)C32. The summed E-state index contributed by atoms with van der Waals surface area (Å²) in [4.78, 5) is 0. The molecule has 2 bridgehead atoms. The van der Waals surface area contributed by atoms with Crippen molar-refractivity contribution < 1.29 is 0 Å². The van der Waals surface area contributed by atoms with Crippen LogP contribution in [0.3, 0.4) is 0 Å². The number of rotatable bonds is 0. The van der Waals surface area contributed by atoms with Crippen LogP contribution in [0.15, 0.2) is 0 Å². The van der Waals surface area contributed by atoms with Crippen LogP contribution in [0.5, 0.6) is 0 Å². The third kappa shape index (κ3) is 0.102. The third-order valence-corrected chi connectivity index (χ3v) is 4.29. The average Bonchev–Trinajstić information content (AvgIpc) is 2.37. The zero-order valence-electron chi connectivity index (χ0n) is 4.67. The van der Waals surface area contributed by atoms with Crippen molar-refractivity contribution in [3.63, 3.8) is 0 Å². The second-order valence-corrected chi connectivity index (χ2v) is 4.13. The van der Waals surface area contributed by atoms with Crippen molar-refractivity contribution in [1.82, 2.24) is 0 Å². The normalized spacial score (nSPS) is 94.9. The first kappa shape index (κ1) is 3.21. The van der Waals surface area contributed by atoms with Gasteiger partial charge in [0.15, 0.2) is 0 Å². The van der Waals surface area contributed by atoms with Crippen LogP contribution in [0, 0.1) is 29.6 Å². The minimum absolute atomic E-state index is 0.454. The molecule has 0 saturated heterocycles. The van der Waals surface area contributed by atoms with Crippen molar-refractivity contribution in [3.05, 3.63) is 0 Å². The molecule has 2 N–H and O–H groups in total. The van der Waals surface area contributed by atoms with Crippen LogP contribution in [-0.2, 0) is 0 Å². The summed E-state index contributed by atoms with van der Waals surface area (Å²) < 4.78 is 0. The van der Waals surface area contributed by atoms with E-state index in [2.05, 4.69) is 0 Å². The molecule has 6 atom stereocenters. The Morgan fingerprint density at radius 1 is 1.38 bits per heavy atom. The van der Waals surface area contributed by atoms with E-state index in [1.54, 1.807) is 0 Å². The Morgan fingerprint density at radius 2 is 2.25 bits per heavy atom. The molecule has 5 aliphatic carbocycles. The molecule has 0 aromatic carbocycles. The Hall–Kier alpha value is -0.0400. The number of hydrogen-bond donors (Lipinski definition) is 1. The molecule has 6 unspecified atom stereocenters. The van der Waals surface area contributed by atoms with Crippen LogP contribution in [0.25, 0.3) is 0 Å². The first-order chi connectivity index (χ1) is 3.85. The van der Waals surface area contributed by atoms with Gasteiger partial charge in [-0.25, -0.2) is 0 Å². The molecule has 0 aromatic heterocycles. The molecule has 0 aliphatic heterocycles. The summed E-state index contributed by atoms with van der Waals surface area (Å²) >= 11 is 0. The van der Waals surface area contributed by atoms with Crippen molar-refractivity contribution in [2.24, 2.45) is 35.3 Å². The maximum atomic E-state index is 6.07. The van der Waals surface area contributed by atoms with Gasteiger partial charge in [-0.3, -0.25) is 0 Å². The molecular weight excluding hydrogens is 98.1 g/mol. The lowest BCUT2D eigenvalue weighted by Gasteiger charge is -2.17. The molecule has 1 heteroatoms. The fourth-order valence-electron chi connectivity index (χ4n) is 4.03. The Morgan fingerprint density at radius 3 is 2.38 bits per heavy atom. The Kier molecular flexibility index (Phi) is 0.206. The summed E-state index contributed by atoms with van der Waals surface area (Å²) in [6.07, 6.45) is 1.51. The van der Waals surface area contributed by atoms with Crippen LogP contribution >= 0.6 is 0 Å². The Bertz CT molecular complexity index is 180. The van der Waals surface area contributed by atoms with E-state index in [-0.39, 0.29) is 0 Å². The number of nitrogens with two attached hydrogens (primary N) is 1. The van der Waals surface area contributed by atoms with Gasteiger partial charge in [-0.05, 0) is 36.0 Å². The quantitative estimate of drug-likeness (QED) is 0.470. The topological polar surface area (TPSA) is 26.0 Å². The summed E-state index contributed by atoms with van der Waals surface area (Å²) in [6, 6.07) is 0. The van der Waals surface area contributed by atoms with Gasteiger partial charge in [0.25, 0.3) is 0 Å². The van der Waals surface area contributed by atoms with Crippen LogP contribution in [0.2, 0.25) is 0 Å². The third-order valence-electron chi connectivity index (χ3n) is 4.29. The highest BCUT2D eigenvalue weighted by Gasteiger charge is 2.95. The highest BCUT2D eigenvalue weighted by Crippen LogP contribution is 2.92. The summed E-state index contributed by atoms with van der Waals surface area (Å²) in [7, 11) is 0. The largest absolute Gasteiger partial charge is 0.324 e. The molecule has 42 valence electrons. The van der Waals surface area contributed by atoms with Gasteiger partial charge in [0.1, 0.15) is 0 Å². The zero-order chi connectivity index (χ0) is 5.09. The fourth-order valence-corrected chi connectivity index (χ4v) is 4.03. The molecule has 5 aliphatic rings. The van der Waals surface area contributed by atoms with Gasteiger partial charge in [-0.2, -0.15) is 0 Å². The molecule has 1 nitrogen and oxygen atoms in total. The van der Waals surface area contributed by atoms with Gasteiger partial charge in [0.2, 0.25) is 0 Å². The Balaban J connectivity index is 2.12. The van der Waals surface area contributed by atoms with Gasteiger partial charge in [0.05, 0.1) is 0 Å². The van der Waals surface area contributed by atoms with E-state index in [1.165, 1.54) is 6.42 Å². The first-order valence-electron chi connectivity index (χ1n) is 3.64. The maximum absolute atomic E-state index is 6.07. The maximum Gasteiger partial charge on any atom is 0.0255 e. The molecule has 5 fully saturated rings. The van der Waals surface area contributed by atoms with Gasteiger partial charge in [-0.1, -0.05) is 0 Å². The van der Waals surface area contributed by atoms with Crippen LogP contribution in [0.1, 0.15) is 6.42 Å². The molecule has 0 radical (unpaired) electrons. The minimum atomic E-state index is 0.454. The highest BCUT2D eigenvalue weighted by atomic mass is 15.1. The van der Waals surface area contributed by atoms with E-state index in [0.29, 0.717) is 5.54 Å². The predicted molar refractivity (Wildman–Crippen MR) is 29.0 cm³/mol. The summed E-state index contributed by atoms with van der Waals surface area (Å²) in [5, 5.41) is 0. The van der Waals surface area contributed by atoms with Crippen LogP contribution < -0.4 is 5.73 Å². The van der Waals surface area contributed by atoms with Crippen molar-refractivity contribution in [3.8, 4) is 0 Å². The summed E-state index contributed by atoms with van der Waals surface area (Å²) in [5.41, 5.74) is 6.52. The van der Waals surface area contributed by atoms with E-state index >= 15 is 0 Å². The fraction of sp³-hybridized carbons (Fsp3) is 1.00. The van der Waals surface area contributed by atoms with Gasteiger partial charge in [0, 0.05) is 5.54 Å². The van der Waals surface area contributed by atoms with Gasteiger partial charge in [-0.15, -0.1) is 0 Å². The van der Waals surface area contributed by atoms with E-state index in [0.717, 1.165) is 29.6 Å². The second kappa shape index (κ2) is 0.513. The molecule has 5 rings (SSSR count). The molecule has 5 saturated carbocycles. The lowest BCUT2D eigenvalue weighted by molar-refractivity contribution is 0.370. The number of hydrogen-bond acceptors (Lipinski definition) is 1. The lowest BCUT2D eigenvalue weighted by Crippen LogP contribution is -2.36. The monoisotopic (exact) mass is 107 g/mol. The Labute approximate surface area is 48.2 Å². The molecule has 0 amide bonds. The lowest BCUT2D eigenvalue weighted by atomic mass is 9.94. The van der Waals surface area contributed by atoms with E-state index in [9.17, 15) is 0 Å². The van der Waals surface area contributed by atoms with E-state index in [4.69, 9.17) is 5.73 Å². The standard InChI is InChI=1S/C7H9N/c8-7-3-1-2-4(5(2)7)6(3)7/h2-6H,1,8H2. The van der Waals surface area contributed by atoms with Gasteiger partial charge >= 0.3 is 0 Å². The summed E-state index contributed by atoms with van der Waals surface area (Å²) in [6.45, 7) is 0. The molecular formula is C7H9N.